The van der Waals surface area contributed by atoms with Crippen molar-refractivity contribution in [3.8, 4) is 11.4 Å². The van der Waals surface area contributed by atoms with E-state index in [4.69, 9.17) is 9.51 Å². The number of benzene rings is 1. The van der Waals surface area contributed by atoms with Crippen molar-refractivity contribution in [2.45, 2.75) is 52.0 Å². The summed E-state index contributed by atoms with van der Waals surface area (Å²) in [4.78, 5) is 29.1. The highest BCUT2D eigenvalue weighted by molar-refractivity contribution is 7.22. The Bertz CT molecular complexity index is 1270. The summed E-state index contributed by atoms with van der Waals surface area (Å²) in [6.45, 7) is 6.71. The molecule has 0 unspecified atom stereocenters. The van der Waals surface area contributed by atoms with Crippen LogP contribution in [0.3, 0.4) is 0 Å². The molecule has 0 saturated carbocycles. The molecule has 4 heterocycles. The summed E-state index contributed by atoms with van der Waals surface area (Å²) in [5, 5.41) is 4.94. The molecular formula is C24H25N5O2S. The lowest BCUT2D eigenvalue weighted by molar-refractivity contribution is -0.120. The van der Waals surface area contributed by atoms with Crippen molar-refractivity contribution in [3.05, 3.63) is 53.5 Å². The van der Waals surface area contributed by atoms with Crippen LogP contribution in [0.5, 0.6) is 0 Å². The summed E-state index contributed by atoms with van der Waals surface area (Å²) in [5.74, 6) is 1.54. The van der Waals surface area contributed by atoms with Crippen molar-refractivity contribution in [1.29, 1.82) is 0 Å². The van der Waals surface area contributed by atoms with E-state index in [0.717, 1.165) is 40.3 Å². The van der Waals surface area contributed by atoms with Gasteiger partial charge in [0.2, 0.25) is 11.7 Å². The van der Waals surface area contributed by atoms with Gasteiger partial charge in [-0.25, -0.2) is 4.98 Å². The summed E-state index contributed by atoms with van der Waals surface area (Å²) in [6.07, 6.45) is 4.16. The van der Waals surface area contributed by atoms with E-state index < -0.39 is 0 Å². The van der Waals surface area contributed by atoms with E-state index in [1.54, 1.807) is 24.5 Å². The minimum Gasteiger partial charge on any atom is -0.339 e. The van der Waals surface area contributed by atoms with Crippen LogP contribution in [0.25, 0.3) is 21.7 Å². The van der Waals surface area contributed by atoms with Crippen LogP contribution in [0.4, 0.5) is 5.13 Å². The molecule has 2 atom stereocenters. The number of aryl methyl sites for hydroxylation is 2. The number of fused-ring (bicyclic) bond motifs is 1. The Labute approximate surface area is 190 Å². The standard InChI is InChI=1S/C24H25N5O2S/c1-14(17-8-5-4-6-9-17)12-19(30)18-10-7-11-29(18)24-27-23-21(32-24)20(15(2)13-25-23)22-26-16(3)31-28-22/h4-6,8-9,13-14,18H,7,10-12H2,1-3H3/t14-,18+/m0/s1. The highest BCUT2D eigenvalue weighted by atomic mass is 32.1. The Morgan fingerprint density at radius 1 is 1.25 bits per heavy atom. The smallest absolute Gasteiger partial charge is 0.223 e. The van der Waals surface area contributed by atoms with Crippen LogP contribution < -0.4 is 4.90 Å². The van der Waals surface area contributed by atoms with Gasteiger partial charge in [0.25, 0.3) is 0 Å². The molecule has 1 aromatic carbocycles. The van der Waals surface area contributed by atoms with Crippen molar-refractivity contribution >= 4 is 32.6 Å². The second-order valence-electron chi connectivity index (χ2n) is 8.44. The van der Waals surface area contributed by atoms with Crippen molar-refractivity contribution in [1.82, 2.24) is 20.1 Å². The van der Waals surface area contributed by atoms with E-state index in [-0.39, 0.29) is 17.7 Å². The molecule has 4 aromatic rings. The number of nitrogens with zero attached hydrogens (tertiary/aromatic N) is 5. The molecule has 0 radical (unpaired) electrons. The number of Topliss-reactive ketones (excluding diaryl/α,β-unsaturated/α-hetero) is 1. The minimum absolute atomic E-state index is 0.140. The zero-order chi connectivity index (χ0) is 22.2. The van der Waals surface area contributed by atoms with E-state index in [1.807, 2.05) is 25.1 Å². The van der Waals surface area contributed by atoms with Crippen LogP contribution in [0.2, 0.25) is 0 Å². The van der Waals surface area contributed by atoms with E-state index in [2.05, 4.69) is 39.1 Å². The van der Waals surface area contributed by atoms with Gasteiger partial charge in [0.1, 0.15) is 0 Å². The molecule has 164 valence electrons. The number of carbonyl (C=O) groups is 1. The third-order valence-corrected chi connectivity index (χ3v) is 7.20. The van der Waals surface area contributed by atoms with Crippen molar-refractivity contribution < 1.29 is 9.32 Å². The van der Waals surface area contributed by atoms with Gasteiger partial charge in [-0.2, -0.15) is 9.97 Å². The van der Waals surface area contributed by atoms with Gasteiger partial charge < -0.3 is 9.42 Å². The van der Waals surface area contributed by atoms with Gasteiger partial charge in [-0.15, -0.1) is 0 Å². The predicted octanol–water partition coefficient (Wildman–Crippen LogP) is 5.09. The number of pyridine rings is 1. The van der Waals surface area contributed by atoms with Gasteiger partial charge in [0.05, 0.1) is 10.7 Å². The molecule has 1 aliphatic heterocycles. The Balaban J connectivity index is 1.44. The first-order valence-electron chi connectivity index (χ1n) is 10.9. The monoisotopic (exact) mass is 447 g/mol. The highest BCUT2D eigenvalue weighted by Gasteiger charge is 2.33. The van der Waals surface area contributed by atoms with Gasteiger partial charge >= 0.3 is 0 Å². The number of thiazole rings is 1. The third-order valence-electron chi connectivity index (χ3n) is 6.10. The molecule has 0 bridgehead atoms. The van der Waals surface area contributed by atoms with E-state index in [9.17, 15) is 4.79 Å². The molecule has 7 nitrogen and oxygen atoms in total. The molecule has 0 amide bonds. The Hall–Kier alpha value is -3.13. The quantitative estimate of drug-likeness (QED) is 0.407. The molecule has 0 N–H and O–H groups in total. The SMILES string of the molecule is Cc1nc(-c2c(C)cnc3nc(N4CCC[C@@H]4C(=O)C[C@H](C)c4ccccc4)sc23)no1. The molecule has 1 saturated heterocycles. The molecular weight excluding hydrogens is 422 g/mol. The summed E-state index contributed by atoms with van der Waals surface area (Å²) < 4.78 is 6.13. The number of hydrogen-bond donors (Lipinski definition) is 0. The highest BCUT2D eigenvalue weighted by Crippen LogP contribution is 2.39. The minimum atomic E-state index is -0.140. The van der Waals surface area contributed by atoms with Crippen LogP contribution in [0.1, 0.15) is 49.1 Å². The topological polar surface area (TPSA) is 85.0 Å². The van der Waals surface area contributed by atoms with Gasteiger partial charge in [0.15, 0.2) is 16.6 Å². The summed E-state index contributed by atoms with van der Waals surface area (Å²) in [5.41, 5.74) is 3.73. The number of rotatable bonds is 6. The van der Waals surface area contributed by atoms with E-state index >= 15 is 0 Å². The number of anilines is 1. The molecule has 1 fully saturated rings. The lowest BCUT2D eigenvalue weighted by Gasteiger charge is -2.24. The van der Waals surface area contributed by atoms with Crippen LogP contribution in [0, 0.1) is 13.8 Å². The Morgan fingerprint density at radius 3 is 2.81 bits per heavy atom. The van der Waals surface area contributed by atoms with Crippen LogP contribution >= 0.6 is 11.3 Å². The van der Waals surface area contributed by atoms with E-state index in [0.29, 0.717) is 23.8 Å². The Morgan fingerprint density at radius 2 is 2.06 bits per heavy atom. The zero-order valence-corrected chi connectivity index (χ0v) is 19.2. The van der Waals surface area contributed by atoms with Crippen LogP contribution in [-0.2, 0) is 4.79 Å². The van der Waals surface area contributed by atoms with Gasteiger partial charge in [-0.05, 0) is 36.8 Å². The summed E-state index contributed by atoms with van der Waals surface area (Å²) in [6, 6.07) is 10.1. The number of carbonyl (C=O) groups excluding carboxylic acids is 1. The van der Waals surface area contributed by atoms with Crippen molar-refractivity contribution in [3.63, 3.8) is 0 Å². The van der Waals surface area contributed by atoms with Gasteiger partial charge in [-0.1, -0.05) is 53.7 Å². The fourth-order valence-corrected chi connectivity index (χ4v) is 5.62. The van der Waals surface area contributed by atoms with Crippen molar-refractivity contribution in [2.75, 3.05) is 11.4 Å². The lowest BCUT2D eigenvalue weighted by Crippen LogP contribution is -2.36. The molecule has 0 spiro atoms. The predicted molar refractivity (Wildman–Crippen MR) is 125 cm³/mol. The average Bonchev–Trinajstić information content (AvgIpc) is 3.53. The fourth-order valence-electron chi connectivity index (χ4n) is 4.42. The Kier molecular flexibility index (Phi) is 5.46. The maximum atomic E-state index is 13.3. The fraction of sp³-hybridized carbons (Fsp3) is 0.375. The molecule has 8 heteroatoms. The molecule has 0 aliphatic carbocycles. The van der Waals surface area contributed by atoms with Gasteiger partial charge in [0, 0.05) is 31.6 Å². The summed E-state index contributed by atoms with van der Waals surface area (Å²) >= 11 is 1.55. The zero-order valence-electron chi connectivity index (χ0n) is 18.4. The number of ketones is 1. The normalized spacial score (nSPS) is 17.2. The number of aromatic nitrogens is 4. The number of hydrogen-bond acceptors (Lipinski definition) is 8. The first-order valence-corrected chi connectivity index (χ1v) is 11.7. The first kappa shape index (κ1) is 20.8. The maximum Gasteiger partial charge on any atom is 0.223 e. The average molecular weight is 448 g/mol. The second-order valence-corrected chi connectivity index (χ2v) is 9.41. The molecule has 3 aromatic heterocycles. The largest absolute Gasteiger partial charge is 0.339 e. The molecule has 1 aliphatic rings. The molecule has 5 rings (SSSR count). The third kappa shape index (κ3) is 3.79. The summed E-state index contributed by atoms with van der Waals surface area (Å²) in [7, 11) is 0. The van der Waals surface area contributed by atoms with Crippen LogP contribution in [-0.4, -0.2) is 38.5 Å². The van der Waals surface area contributed by atoms with E-state index in [1.165, 1.54) is 5.56 Å². The maximum absolute atomic E-state index is 13.3. The van der Waals surface area contributed by atoms with Crippen molar-refractivity contribution in [2.24, 2.45) is 0 Å². The first-order chi connectivity index (χ1) is 15.5. The van der Waals surface area contributed by atoms with Gasteiger partial charge in [-0.3, -0.25) is 4.79 Å². The lowest BCUT2D eigenvalue weighted by atomic mass is 9.93. The molecule has 32 heavy (non-hydrogen) atoms. The second kappa shape index (κ2) is 8.43. The van der Waals surface area contributed by atoms with Crippen LogP contribution in [0.15, 0.2) is 41.1 Å².